The summed E-state index contributed by atoms with van der Waals surface area (Å²) in [6.07, 6.45) is 11.4. The van der Waals surface area contributed by atoms with Gasteiger partial charge in [0.25, 0.3) is 10.1 Å². The normalized spacial score (nSPS) is 19.0. The van der Waals surface area contributed by atoms with Crippen molar-refractivity contribution in [3.05, 3.63) is 128 Å². The zero-order valence-electron chi connectivity index (χ0n) is 38.7. The number of likely N-dealkylation sites (tertiary alicyclic amines) is 2. The van der Waals surface area contributed by atoms with Crippen LogP contribution in [-0.4, -0.2) is 102 Å². The molecule has 2 amide bonds. The van der Waals surface area contributed by atoms with Gasteiger partial charge >= 0.3 is 12.2 Å². The van der Waals surface area contributed by atoms with Crippen LogP contribution in [0.4, 0.5) is 9.59 Å². The number of carbonyl (C=O) groups excluding carboxylic acids is 2. The number of ether oxygens (including phenoxy) is 2. The molecule has 2 aliphatic heterocycles. The van der Waals surface area contributed by atoms with Crippen LogP contribution in [0.25, 0.3) is 23.3 Å². The van der Waals surface area contributed by atoms with E-state index in [0.717, 1.165) is 87.9 Å². The summed E-state index contributed by atoms with van der Waals surface area (Å²) in [6, 6.07) is 19.5. The van der Waals surface area contributed by atoms with Crippen molar-refractivity contribution in [3.63, 3.8) is 0 Å². The Morgan fingerprint density at radius 1 is 0.682 bits per heavy atom. The first-order valence-electron chi connectivity index (χ1n) is 22.5. The molecule has 2 aromatic carbocycles. The Hall–Kier alpha value is -4.79. The predicted octanol–water partition coefficient (Wildman–Crippen LogP) is 10.7. The molecule has 4 heterocycles. The maximum atomic E-state index is 12.6. The van der Waals surface area contributed by atoms with E-state index in [1.807, 2.05) is 114 Å². The van der Waals surface area contributed by atoms with Gasteiger partial charge in [-0.2, -0.15) is 8.42 Å². The highest BCUT2D eigenvalue weighted by atomic mass is 35.5. The minimum Gasteiger partial charge on any atom is -0.444 e. The van der Waals surface area contributed by atoms with E-state index in [9.17, 15) is 23.1 Å². The molecule has 15 heteroatoms. The van der Waals surface area contributed by atoms with Crippen LogP contribution in [-0.2, 0) is 23.8 Å². The second kappa shape index (κ2) is 20.2. The van der Waals surface area contributed by atoms with Crippen LogP contribution in [0.1, 0.15) is 124 Å². The van der Waals surface area contributed by atoms with Gasteiger partial charge in [-0.15, -0.1) is 0 Å². The topological polar surface area (TPSA) is 148 Å². The van der Waals surface area contributed by atoms with E-state index >= 15 is 0 Å². The van der Waals surface area contributed by atoms with E-state index in [0.29, 0.717) is 42.1 Å². The highest BCUT2D eigenvalue weighted by Crippen LogP contribution is 2.47. The molecule has 2 atom stereocenters. The fourth-order valence-corrected chi connectivity index (χ4v) is 10.1. The molecule has 8 rings (SSSR count). The molecule has 0 saturated carbocycles. The maximum Gasteiger partial charge on any atom is 0.410 e. The lowest BCUT2D eigenvalue weighted by molar-refractivity contribution is 0.0167. The van der Waals surface area contributed by atoms with Gasteiger partial charge in [-0.3, -0.25) is 14.2 Å². The first kappa shape index (κ1) is 49.1. The van der Waals surface area contributed by atoms with Crippen molar-refractivity contribution < 1.29 is 36.8 Å². The van der Waals surface area contributed by atoms with Crippen LogP contribution in [0, 0.1) is 11.8 Å². The molecule has 12 nitrogen and oxygen atoms in total. The van der Waals surface area contributed by atoms with Gasteiger partial charge in [0.2, 0.25) is 0 Å². The number of nitrogens with zero attached hydrogens (tertiary/aromatic N) is 4. The molecule has 2 fully saturated rings. The number of hydrogen-bond acceptors (Lipinski definition) is 10. The Morgan fingerprint density at radius 2 is 1.09 bits per heavy atom. The van der Waals surface area contributed by atoms with E-state index in [4.69, 9.17) is 46.8 Å². The minimum absolute atomic E-state index is 0.0359. The van der Waals surface area contributed by atoms with Crippen molar-refractivity contribution in [3.8, 4) is 0 Å². The number of hydrogen-bond donors (Lipinski definition) is 1. The zero-order valence-corrected chi connectivity index (χ0v) is 41.0. The van der Waals surface area contributed by atoms with Gasteiger partial charge in [-0.1, -0.05) is 47.5 Å². The lowest BCUT2D eigenvalue weighted by atomic mass is 9.76. The maximum absolute atomic E-state index is 12.6. The summed E-state index contributed by atoms with van der Waals surface area (Å²) in [5.74, 6) is 0.584. The molecule has 4 aliphatic rings. The van der Waals surface area contributed by atoms with Crippen molar-refractivity contribution in [1.82, 2.24) is 19.8 Å². The van der Waals surface area contributed by atoms with E-state index in [1.165, 1.54) is 0 Å². The SMILES string of the molecule is CC(C)(C)OC(=O)N1CCC(C2c3ccc(Cl)cc3C(CO)=Cc3cccnc32)CC1.CC(C)(C)OC(=O)N1CCC(C2c3ccc(Cl)cc3C(COS(C)(=O)=O)=Cc3cccnc32)CC1. The zero-order chi connectivity index (χ0) is 47.6. The monoisotopic (exact) mass is 958 g/mol. The van der Waals surface area contributed by atoms with E-state index in [2.05, 4.69) is 6.07 Å². The third-order valence-electron chi connectivity index (χ3n) is 12.3. The van der Waals surface area contributed by atoms with E-state index in [1.54, 1.807) is 16.0 Å². The van der Waals surface area contributed by atoms with Crippen molar-refractivity contribution in [1.29, 1.82) is 0 Å². The highest BCUT2D eigenvalue weighted by molar-refractivity contribution is 7.86. The molecular formula is C51H60Cl2N4O8S. The van der Waals surface area contributed by atoms with Gasteiger partial charge in [-0.05, 0) is 172 Å². The minimum atomic E-state index is -3.63. The second-order valence-electron chi connectivity index (χ2n) is 19.4. The van der Waals surface area contributed by atoms with Crippen LogP contribution in [0.15, 0.2) is 73.1 Å². The van der Waals surface area contributed by atoms with Crippen LogP contribution < -0.4 is 0 Å². The predicted molar refractivity (Wildman–Crippen MR) is 260 cm³/mol. The molecule has 66 heavy (non-hydrogen) atoms. The first-order chi connectivity index (χ1) is 31.2. The van der Waals surface area contributed by atoms with E-state index < -0.39 is 21.3 Å². The fourth-order valence-electron chi connectivity index (χ4n) is 9.46. The van der Waals surface area contributed by atoms with Crippen molar-refractivity contribution in [2.75, 3.05) is 45.6 Å². The van der Waals surface area contributed by atoms with Crippen LogP contribution in [0.5, 0.6) is 0 Å². The Labute approximate surface area is 399 Å². The largest absolute Gasteiger partial charge is 0.444 e. The molecule has 2 aromatic heterocycles. The molecular weight excluding hydrogens is 900 g/mol. The van der Waals surface area contributed by atoms with Gasteiger partial charge in [0, 0.05) is 60.5 Å². The number of halogens is 2. The number of rotatable bonds is 6. The third kappa shape index (κ3) is 12.0. The number of benzene rings is 2. The van der Waals surface area contributed by atoms with Gasteiger partial charge in [0.05, 0.1) is 30.9 Å². The number of aliphatic hydroxyl groups is 1. The molecule has 0 radical (unpaired) electrons. The molecule has 352 valence electrons. The van der Waals surface area contributed by atoms with Gasteiger partial charge in [0.15, 0.2) is 0 Å². The fraction of sp³-hybridized carbons (Fsp3) is 0.451. The summed E-state index contributed by atoms with van der Waals surface area (Å²) in [5, 5.41) is 11.3. The Morgan fingerprint density at radius 3 is 1.48 bits per heavy atom. The smallest absolute Gasteiger partial charge is 0.410 e. The van der Waals surface area contributed by atoms with Gasteiger partial charge in [-0.25, -0.2) is 9.59 Å². The van der Waals surface area contributed by atoms with Crippen molar-refractivity contribution >= 4 is 68.8 Å². The highest BCUT2D eigenvalue weighted by Gasteiger charge is 2.38. The molecule has 2 aliphatic carbocycles. The third-order valence-corrected chi connectivity index (χ3v) is 13.3. The summed E-state index contributed by atoms with van der Waals surface area (Å²) >= 11 is 12.7. The summed E-state index contributed by atoms with van der Waals surface area (Å²) in [4.78, 5) is 38.2. The van der Waals surface area contributed by atoms with Crippen molar-refractivity contribution in [2.45, 2.75) is 90.3 Å². The number of fused-ring (bicyclic) bond motifs is 4. The number of carbonyl (C=O) groups is 2. The van der Waals surface area contributed by atoms with E-state index in [-0.39, 0.29) is 43.2 Å². The Balaban J connectivity index is 0.000000198. The number of aromatic nitrogens is 2. The molecule has 2 saturated heterocycles. The number of aliphatic hydroxyl groups excluding tert-OH is 1. The molecule has 0 bridgehead atoms. The number of pyridine rings is 2. The summed E-state index contributed by atoms with van der Waals surface area (Å²) in [6.45, 7) is 13.6. The summed E-state index contributed by atoms with van der Waals surface area (Å²) in [5.41, 5.74) is 8.46. The molecule has 0 spiro atoms. The second-order valence-corrected chi connectivity index (χ2v) is 22.0. The average Bonchev–Trinajstić information content (AvgIpc) is 3.48. The lowest BCUT2D eigenvalue weighted by Gasteiger charge is -2.37. The molecule has 4 aromatic rings. The number of amides is 2. The van der Waals surface area contributed by atoms with Gasteiger partial charge < -0.3 is 24.4 Å². The standard InChI is InChI=1S/C26H31ClN2O5S.C25H29ClN2O3/c1-26(2,3)34-25(30)29-12-9-17(10-13-29)23-21-8-7-20(27)15-22(21)19(16-33-35(4,31)32)14-18-6-5-11-28-24(18)23;1-25(2,3)31-24(30)28-11-8-16(9-12-28)22-20-7-6-19(26)14-21(20)18(15-29)13-17-5-4-10-27-23(17)22/h5-8,11,14-15,17,23H,9-10,12-13,16H2,1-4H3;4-7,10,13-14,16,22,29H,8-9,11-12,15H2,1-3H3. The molecule has 1 N–H and O–H groups in total. The average molecular weight is 960 g/mol. The first-order valence-corrected chi connectivity index (χ1v) is 25.1. The summed E-state index contributed by atoms with van der Waals surface area (Å²) < 4.78 is 39.8. The van der Waals surface area contributed by atoms with Crippen molar-refractivity contribution in [2.24, 2.45) is 11.8 Å². The summed E-state index contributed by atoms with van der Waals surface area (Å²) in [7, 11) is -3.63. The number of piperidine rings is 2. The Bertz CT molecular complexity index is 2610. The van der Waals surface area contributed by atoms with Crippen LogP contribution in [0.3, 0.4) is 0 Å². The van der Waals surface area contributed by atoms with Crippen LogP contribution >= 0.6 is 23.2 Å². The molecule has 2 unspecified atom stereocenters. The lowest BCUT2D eigenvalue weighted by Crippen LogP contribution is -2.42. The van der Waals surface area contributed by atoms with Gasteiger partial charge in [0.1, 0.15) is 11.2 Å². The quantitative estimate of drug-likeness (QED) is 0.185. The Kier molecular flexibility index (Phi) is 15.0. The van der Waals surface area contributed by atoms with Crippen LogP contribution in [0.2, 0.25) is 10.0 Å².